The molecular weight excluding hydrogens is 338 g/mol. The molecule has 0 fully saturated rings. The molecule has 1 aromatic carbocycles. The summed E-state index contributed by atoms with van der Waals surface area (Å²) in [5, 5.41) is 9.15. The van der Waals surface area contributed by atoms with E-state index in [9.17, 15) is 9.59 Å². The first-order valence-corrected chi connectivity index (χ1v) is 9.01. The summed E-state index contributed by atoms with van der Waals surface area (Å²) in [5.74, 6) is -0.247. The van der Waals surface area contributed by atoms with Gasteiger partial charge in [0, 0.05) is 18.0 Å². The molecule has 0 saturated heterocycles. The van der Waals surface area contributed by atoms with Crippen molar-refractivity contribution in [3.63, 3.8) is 0 Å². The van der Waals surface area contributed by atoms with Crippen molar-refractivity contribution >= 4 is 23.6 Å². The number of nitrogens with zero attached hydrogens (tertiary/aromatic N) is 1. The monoisotopic (exact) mass is 357 g/mol. The molecule has 6 heteroatoms. The summed E-state index contributed by atoms with van der Waals surface area (Å²) in [6.45, 7) is 3.43. The van der Waals surface area contributed by atoms with Gasteiger partial charge in [-0.1, -0.05) is 23.8 Å². The average molecular weight is 357 g/mol. The maximum Gasteiger partial charge on any atom is 0.339 e. The number of carboxylic acids is 1. The second-order valence-electron chi connectivity index (χ2n) is 5.90. The zero-order chi connectivity index (χ0) is 17.8. The first-order valence-electron chi connectivity index (χ1n) is 8.02. The fourth-order valence-corrected chi connectivity index (χ4v) is 3.68. The lowest BCUT2D eigenvalue weighted by molar-refractivity contribution is 0.0693. The standard InChI is InChI=1S/C19H19NO4S/c1-13-6-9-20(10-7-13)18(21)15-4-2-3-5-17(15)25-12-16-14(19(22)23)8-11-24-16/h2-6,8,11H,7,9-10,12H2,1H3,(H,22,23). The van der Waals surface area contributed by atoms with E-state index in [1.54, 1.807) is 0 Å². The molecule has 3 rings (SSSR count). The molecule has 25 heavy (non-hydrogen) atoms. The van der Waals surface area contributed by atoms with E-state index < -0.39 is 5.97 Å². The second kappa shape index (κ2) is 7.61. The van der Waals surface area contributed by atoms with Gasteiger partial charge in [0.05, 0.1) is 17.6 Å². The van der Waals surface area contributed by atoms with Crippen LogP contribution in [0, 0.1) is 0 Å². The van der Waals surface area contributed by atoms with E-state index in [2.05, 4.69) is 13.0 Å². The van der Waals surface area contributed by atoms with E-state index in [1.807, 2.05) is 29.2 Å². The molecule has 0 spiro atoms. The number of hydrogen-bond donors (Lipinski definition) is 1. The number of hydrogen-bond acceptors (Lipinski definition) is 4. The number of furan rings is 1. The van der Waals surface area contributed by atoms with Crippen LogP contribution < -0.4 is 0 Å². The van der Waals surface area contributed by atoms with Crippen molar-refractivity contribution in [2.24, 2.45) is 0 Å². The van der Waals surface area contributed by atoms with Gasteiger partial charge >= 0.3 is 5.97 Å². The van der Waals surface area contributed by atoms with E-state index in [4.69, 9.17) is 9.52 Å². The molecule has 1 amide bonds. The molecule has 130 valence electrons. The molecule has 0 radical (unpaired) electrons. The van der Waals surface area contributed by atoms with E-state index in [0.717, 1.165) is 17.9 Å². The molecule has 2 aromatic rings. The smallest absolute Gasteiger partial charge is 0.339 e. The topological polar surface area (TPSA) is 70.8 Å². The van der Waals surface area contributed by atoms with E-state index in [0.29, 0.717) is 23.6 Å². The Morgan fingerprint density at radius 1 is 1.24 bits per heavy atom. The Kier molecular flexibility index (Phi) is 5.28. The van der Waals surface area contributed by atoms with E-state index in [-0.39, 0.29) is 11.5 Å². The molecular formula is C19H19NO4S. The van der Waals surface area contributed by atoms with Gasteiger partial charge in [-0.05, 0) is 31.5 Å². The number of aromatic carboxylic acids is 1. The van der Waals surface area contributed by atoms with Gasteiger partial charge in [-0.15, -0.1) is 11.8 Å². The van der Waals surface area contributed by atoms with Gasteiger partial charge in [0.2, 0.25) is 0 Å². The lowest BCUT2D eigenvalue weighted by Gasteiger charge is -2.26. The molecule has 0 unspecified atom stereocenters. The highest BCUT2D eigenvalue weighted by Gasteiger charge is 2.21. The third-order valence-electron chi connectivity index (χ3n) is 4.18. The van der Waals surface area contributed by atoms with Gasteiger partial charge in [-0.25, -0.2) is 4.79 Å². The largest absolute Gasteiger partial charge is 0.478 e. The molecule has 1 N–H and O–H groups in total. The second-order valence-corrected chi connectivity index (χ2v) is 6.92. The maximum absolute atomic E-state index is 12.8. The van der Waals surface area contributed by atoms with Crippen molar-refractivity contribution in [3.05, 3.63) is 65.1 Å². The Balaban J connectivity index is 1.76. The number of carboxylic acid groups (broad SMARTS) is 1. The summed E-state index contributed by atoms with van der Waals surface area (Å²) in [7, 11) is 0. The number of thioether (sulfide) groups is 1. The number of benzene rings is 1. The van der Waals surface area contributed by atoms with E-state index in [1.165, 1.54) is 29.7 Å². The van der Waals surface area contributed by atoms with Crippen molar-refractivity contribution in [2.75, 3.05) is 13.1 Å². The molecule has 2 heterocycles. The zero-order valence-corrected chi connectivity index (χ0v) is 14.7. The van der Waals surface area contributed by atoms with Crippen LogP contribution in [0.2, 0.25) is 0 Å². The van der Waals surface area contributed by atoms with Crippen LogP contribution in [0.15, 0.2) is 57.6 Å². The van der Waals surface area contributed by atoms with Gasteiger partial charge in [0.1, 0.15) is 11.3 Å². The Morgan fingerprint density at radius 3 is 2.76 bits per heavy atom. The van der Waals surface area contributed by atoms with Gasteiger partial charge < -0.3 is 14.4 Å². The Labute approximate surface area is 150 Å². The first kappa shape index (κ1) is 17.4. The van der Waals surface area contributed by atoms with Crippen LogP contribution in [-0.2, 0) is 5.75 Å². The number of carbonyl (C=O) groups excluding carboxylic acids is 1. The van der Waals surface area contributed by atoms with Crippen molar-refractivity contribution in [1.29, 1.82) is 0 Å². The number of rotatable bonds is 5. The van der Waals surface area contributed by atoms with Crippen LogP contribution in [0.4, 0.5) is 0 Å². The van der Waals surface area contributed by atoms with Gasteiger partial charge in [-0.2, -0.15) is 0 Å². The molecule has 5 nitrogen and oxygen atoms in total. The fourth-order valence-electron chi connectivity index (χ4n) is 2.68. The number of carbonyl (C=O) groups is 2. The normalized spacial score (nSPS) is 14.3. The summed E-state index contributed by atoms with van der Waals surface area (Å²) in [6, 6.07) is 8.86. The Bertz CT molecular complexity index is 824. The molecule has 1 aliphatic heterocycles. The minimum Gasteiger partial charge on any atom is -0.478 e. The maximum atomic E-state index is 12.8. The quantitative estimate of drug-likeness (QED) is 0.645. The predicted molar refractivity (Wildman–Crippen MR) is 95.9 cm³/mol. The summed E-state index contributed by atoms with van der Waals surface area (Å²) in [6.07, 6.45) is 4.35. The third kappa shape index (κ3) is 3.96. The molecule has 1 aliphatic rings. The summed E-state index contributed by atoms with van der Waals surface area (Å²) < 4.78 is 5.27. The predicted octanol–water partition coefficient (Wildman–Crippen LogP) is 4.06. The van der Waals surface area contributed by atoms with E-state index >= 15 is 0 Å². The highest BCUT2D eigenvalue weighted by atomic mass is 32.2. The highest BCUT2D eigenvalue weighted by Crippen LogP contribution is 2.29. The third-order valence-corrected chi connectivity index (χ3v) is 5.25. The molecule has 0 saturated carbocycles. The van der Waals surface area contributed by atoms with Gasteiger partial charge in [0.15, 0.2) is 0 Å². The van der Waals surface area contributed by atoms with Crippen molar-refractivity contribution in [3.8, 4) is 0 Å². The zero-order valence-electron chi connectivity index (χ0n) is 13.9. The van der Waals surface area contributed by atoms with Gasteiger partial charge in [-0.3, -0.25) is 4.79 Å². The SMILES string of the molecule is CC1=CCN(C(=O)c2ccccc2SCc2occc2C(=O)O)CC1. The first-order chi connectivity index (χ1) is 12.1. The van der Waals surface area contributed by atoms with Crippen molar-refractivity contribution < 1.29 is 19.1 Å². The fraction of sp³-hybridized carbons (Fsp3) is 0.263. The van der Waals surface area contributed by atoms with Crippen LogP contribution in [0.25, 0.3) is 0 Å². The van der Waals surface area contributed by atoms with Gasteiger partial charge in [0.25, 0.3) is 5.91 Å². The lowest BCUT2D eigenvalue weighted by atomic mass is 10.1. The minimum atomic E-state index is -1.01. The highest BCUT2D eigenvalue weighted by molar-refractivity contribution is 7.98. The lowest BCUT2D eigenvalue weighted by Crippen LogP contribution is -2.34. The summed E-state index contributed by atoms with van der Waals surface area (Å²) >= 11 is 1.41. The van der Waals surface area contributed by atoms with Crippen LogP contribution in [0.5, 0.6) is 0 Å². The Morgan fingerprint density at radius 2 is 2.04 bits per heavy atom. The molecule has 0 atom stereocenters. The van der Waals surface area contributed by atoms with Crippen molar-refractivity contribution in [2.45, 2.75) is 24.0 Å². The number of amides is 1. The Hall–Kier alpha value is -2.47. The van der Waals surface area contributed by atoms with Crippen LogP contribution in [0.3, 0.4) is 0 Å². The van der Waals surface area contributed by atoms with Crippen LogP contribution in [0.1, 0.15) is 39.8 Å². The summed E-state index contributed by atoms with van der Waals surface area (Å²) in [5.41, 5.74) is 2.11. The molecule has 0 aliphatic carbocycles. The van der Waals surface area contributed by atoms with Crippen molar-refractivity contribution in [1.82, 2.24) is 4.90 Å². The van der Waals surface area contributed by atoms with Crippen LogP contribution in [-0.4, -0.2) is 35.0 Å². The average Bonchev–Trinajstić information content (AvgIpc) is 3.09. The molecule has 1 aromatic heterocycles. The minimum absolute atomic E-state index is 0.00440. The van der Waals surface area contributed by atoms with Crippen LogP contribution >= 0.6 is 11.8 Å². The molecule has 0 bridgehead atoms. The summed E-state index contributed by atoms with van der Waals surface area (Å²) in [4.78, 5) is 26.7.